The molecule has 6 nitrogen and oxygen atoms in total. The van der Waals surface area contributed by atoms with Crippen molar-refractivity contribution in [1.29, 1.82) is 0 Å². The molecule has 0 aromatic carbocycles. The van der Waals surface area contributed by atoms with Crippen molar-refractivity contribution in [1.82, 2.24) is 13.7 Å². The number of halogens is 3. The van der Waals surface area contributed by atoms with Gasteiger partial charge in [0.05, 0.1) is 6.26 Å². The topological polar surface area (TPSA) is 66.4 Å². The summed E-state index contributed by atoms with van der Waals surface area (Å²) in [6, 6.07) is -0.650. The Morgan fingerprint density at radius 2 is 1.80 bits per heavy atom. The average Bonchev–Trinajstić information content (AvgIpc) is 2.93. The van der Waals surface area contributed by atoms with Crippen LogP contribution in [0.4, 0.5) is 18.3 Å². The molecule has 0 radical (unpaired) electrons. The molecule has 0 N–H and O–H groups in total. The molecule has 0 bridgehead atoms. The third-order valence-electron chi connectivity index (χ3n) is 3.99. The second-order valence-electron chi connectivity index (χ2n) is 7.29. The average molecular weight is 400 g/mol. The van der Waals surface area contributed by atoms with E-state index in [4.69, 9.17) is 0 Å². The third-order valence-corrected chi connectivity index (χ3v) is 6.05. The molecule has 1 aromatic heterocycles. The summed E-state index contributed by atoms with van der Waals surface area (Å²) in [5.74, 6) is 0.726. The Balaban J connectivity index is 2.06. The Morgan fingerprint density at radius 3 is 2.20 bits per heavy atom. The van der Waals surface area contributed by atoms with E-state index in [0.717, 1.165) is 17.2 Å². The summed E-state index contributed by atoms with van der Waals surface area (Å²) in [5.41, 5.74) is -0.174. The van der Waals surface area contributed by atoms with Gasteiger partial charge in [-0.05, 0) is 12.8 Å². The van der Waals surface area contributed by atoms with E-state index in [9.17, 15) is 21.6 Å². The number of nitrogens with zero attached hydrogens (tertiary/aromatic N) is 4. The van der Waals surface area contributed by atoms with Gasteiger partial charge < -0.3 is 4.90 Å². The molecular formula is C14H23F3N4O2S2. The fourth-order valence-corrected chi connectivity index (χ4v) is 4.73. The van der Waals surface area contributed by atoms with E-state index in [1.165, 1.54) is 11.5 Å². The predicted octanol–water partition coefficient (Wildman–Crippen LogP) is 2.63. The number of anilines is 1. The van der Waals surface area contributed by atoms with Crippen LogP contribution in [-0.4, -0.2) is 60.2 Å². The number of aromatic nitrogens is 2. The third kappa shape index (κ3) is 5.52. The van der Waals surface area contributed by atoms with Crippen LogP contribution in [0.25, 0.3) is 0 Å². The van der Waals surface area contributed by atoms with E-state index in [1.54, 1.807) is 0 Å². The van der Waals surface area contributed by atoms with Crippen LogP contribution in [0.1, 0.15) is 39.4 Å². The lowest BCUT2D eigenvalue weighted by molar-refractivity contribution is -0.139. The van der Waals surface area contributed by atoms with Gasteiger partial charge in [-0.3, -0.25) is 0 Å². The lowest BCUT2D eigenvalue weighted by Gasteiger charge is -2.37. The first kappa shape index (κ1) is 20.4. The molecule has 25 heavy (non-hydrogen) atoms. The maximum atomic E-state index is 12.7. The van der Waals surface area contributed by atoms with Crippen LogP contribution in [0, 0.1) is 0 Å². The number of hydrogen-bond acceptors (Lipinski definition) is 6. The van der Waals surface area contributed by atoms with E-state index in [-0.39, 0.29) is 5.41 Å². The quantitative estimate of drug-likeness (QED) is 0.777. The van der Waals surface area contributed by atoms with Crippen LogP contribution in [0.2, 0.25) is 0 Å². The number of sulfonamides is 1. The van der Waals surface area contributed by atoms with E-state index >= 15 is 0 Å². The molecule has 1 fully saturated rings. The first-order chi connectivity index (χ1) is 11.3. The zero-order chi connectivity index (χ0) is 19.0. The van der Waals surface area contributed by atoms with Gasteiger partial charge in [0.1, 0.15) is 12.4 Å². The molecule has 2 rings (SSSR count). The lowest BCUT2D eigenvalue weighted by atomic mass is 9.96. The molecular weight excluding hydrogens is 377 g/mol. The molecule has 0 saturated carbocycles. The van der Waals surface area contributed by atoms with E-state index in [0.29, 0.717) is 30.2 Å². The van der Waals surface area contributed by atoms with Crippen LogP contribution in [0.5, 0.6) is 0 Å². The minimum Gasteiger partial charge on any atom is -0.347 e. The highest BCUT2D eigenvalue weighted by Gasteiger charge is 2.39. The standard InChI is InChI=1S/C14H23F3N4O2S2/c1-13(2,3)11-18-12(24-19-11)20-7-5-10(6-8-20)21(25(4,22)23)9-14(15,16)17/h10H,5-9H2,1-4H3. The van der Waals surface area contributed by atoms with Crippen molar-refractivity contribution in [3.05, 3.63) is 5.82 Å². The minimum atomic E-state index is -4.55. The van der Waals surface area contributed by atoms with Gasteiger partial charge in [0.25, 0.3) is 0 Å². The Hall–Kier alpha value is -0.940. The highest BCUT2D eigenvalue weighted by Crippen LogP contribution is 2.30. The summed E-state index contributed by atoms with van der Waals surface area (Å²) in [6.07, 6.45) is -3.08. The molecule has 11 heteroatoms. The zero-order valence-electron chi connectivity index (χ0n) is 14.7. The molecule has 0 aliphatic carbocycles. The molecule has 1 aliphatic rings. The SMILES string of the molecule is CC(C)(C)c1nsc(N2CCC(N(CC(F)(F)F)S(C)(=O)=O)CC2)n1. The summed E-state index contributed by atoms with van der Waals surface area (Å²) in [4.78, 5) is 6.46. The fraction of sp³-hybridized carbons (Fsp3) is 0.857. The van der Waals surface area contributed by atoms with E-state index in [1.807, 2.05) is 25.7 Å². The summed E-state index contributed by atoms with van der Waals surface area (Å²) in [7, 11) is -3.93. The van der Waals surface area contributed by atoms with Gasteiger partial charge in [-0.25, -0.2) is 13.4 Å². The highest BCUT2D eigenvalue weighted by molar-refractivity contribution is 7.88. The number of rotatable bonds is 4. The summed E-state index contributed by atoms with van der Waals surface area (Å²) < 4.78 is 66.6. The van der Waals surface area contributed by atoms with Crippen molar-refractivity contribution in [2.75, 3.05) is 30.8 Å². The molecule has 1 aliphatic heterocycles. The Labute approximate surface area is 150 Å². The van der Waals surface area contributed by atoms with Crippen LogP contribution in [0.15, 0.2) is 0 Å². The molecule has 1 aromatic rings. The van der Waals surface area contributed by atoms with Gasteiger partial charge in [-0.2, -0.15) is 21.9 Å². The van der Waals surface area contributed by atoms with Gasteiger partial charge in [0.15, 0.2) is 0 Å². The minimum absolute atomic E-state index is 0.174. The van der Waals surface area contributed by atoms with Crippen LogP contribution >= 0.6 is 11.5 Å². The molecule has 1 saturated heterocycles. The van der Waals surface area contributed by atoms with Crippen molar-refractivity contribution in [2.24, 2.45) is 0 Å². The molecule has 0 spiro atoms. The predicted molar refractivity (Wildman–Crippen MR) is 91.4 cm³/mol. The van der Waals surface area contributed by atoms with Gasteiger partial charge in [0.2, 0.25) is 15.2 Å². The van der Waals surface area contributed by atoms with Crippen molar-refractivity contribution >= 4 is 26.7 Å². The van der Waals surface area contributed by atoms with Crippen molar-refractivity contribution in [3.63, 3.8) is 0 Å². The Kier molecular flexibility index (Phi) is 5.70. The first-order valence-corrected chi connectivity index (χ1v) is 10.5. The van der Waals surface area contributed by atoms with Gasteiger partial charge in [0, 0.05) is 36.1 Å². The number of alkyl halides is 3. The van der Waals surface area contributed by atoms with E-state index < -0.39 is 28.8 Å². The highest BCUT2D eigenvalue weighted by atomic mass is 32.2. The molecule has 2 heterocycles. The second kappa shape index (κ2) is 6.99. The summed E-state index contributed by atoms with van der Waals surface area (Å²) in [6.45, 7) is 5.48. The van der Waals surface area contributed by atoms with Gasteiger partial charge >= 0.3 is 6.18 Å². The zero-order valence-corrected chi connectivity index (χ0v) is 16.3. The lowest BCUT2D eigenvalue weighted by Crippen LogP contribution is -2.50. The van der Waals surface area contributed by atoms with Crippen molar-refractivity contribution in [2.45, 2.75) is 51.2 Å². The van der Waals surface area contributed by atoms with Crippen molar-refractivity contribution in [3.8, 4) is 0 Å². The van der Waals surface area contributed by atoms with Gasteiger partial charge in [-0.15, -0.1) is 0 Å². The molecule has 0 atom stereocenters. The van der Waals surface area contributed by atoms with Crippen molar-refractivity contribution < 1.29 is 21.6 Å². The maximum absolute atomic E-state index is 12.7. The fourth-order valence-electron chi connectivity index (χ4n) is 2.69. The molecule has 0 unspecified atom stereocenters. The smallest absolute Gasteiger partial charge is 0.347 e. The van der Waals surface area contributed by atoms with E-state index in [2.05, 4.69) is 9.36 Å². The number of piperidine rings is 1. The Morgan fingerprint density at radius 1 is 1.24 bits per heavy atom. The maximum Gasteiger partial charge on any atom is 0.402 e. The monoisotopic (exact) mass is 400 g/mol. The summed E-state index contributed by atoms with van der Waals surface area (Å²) in [5, 5.41) is 0.727. The Bertz CT molecular complexity index is 690. The first-order valence-electron chi connectivity index (χ1n) is 7.90. The largest absolute Gasteiger partial charge is 0.402 e. The van der Waals surface area contributed by atoms with Crippen LogP contribution < -0.4 is 4.90 Å². The summed E-state index contributed by atoms with van der Waals surface area (Å²) >= 11 is 1.26. The van der Waals surface area contributed by atoms with Gasteiger partial charge in [-0.1, -0.05) is 20.8 Å². The van der Waals surface area contributed by atoms with Crippen LogP contribution in [-0.2, 0) is 15.4 Å². The number of hydrogen-bond donors (Lipinski definition) is 0. The molecule has 144 valence electrons. The normalized spacial score (nSPS) is 18.2. The molecule has 0 amide bonds. The second-order valence-corrected chi connectivity index (χ2v) is 9.96. The van der Waals surface area contributed by atoms with Crippen LogP contribution in [0.3, 0.4) is 0 Å².